The van der Waals surface area contributed by atoms with Gasteiger partial charge in [0.2, 0.25) is 18.6 Å². The van der Waals surface area contributed by atoms with E-state index in [2.05, 4.69) is 20.8 Å². The minimum Gasteiger partial charge on any atom is -0.454 e. The maximum atomic E-state index is 12.4. The third kappa shape index (κ3) is 4.97. The number of carbonyl (C=O) groups is 2. The van der Waals surface area contributed by atoms with E-state index in [9.17, 15) is 9.59 Å². The number of rotatable bonds is 7. The van der Waals surface area contributed by atoms with Crippen molar-refractivity contribution in [1.82, 2.24) is 14.8 Å². The van der Waals surface area contributed by atoms with Gasteiger partial charge in [0.25, 0.3) is 0 Å². The standard InChI is InChI=1S/C21H21N5O4S/c1-13-5-3-4-6-15(13)23-19(27)10-18-24-25-21(26(18)2)31-11-20(28)22-14-7-8-16-17(9-14)30-12-29-16/h3-9H,10-12H2,1-2H3,(H,22,28)(H,23,27). The average molecular weight is 439 g/mol. The van der Waals surface area contributed by atoms with Gasteiger partial charge in [-0.3, -0.25) is 9.59 Å². The Bertz CT molecular complexity index is 1130. The Labute approximate surface area is 183 Å². The van der Waals surface area contributed by atoms with Crippen molar-refractivity contribution in [2.45, 2.75) is 18.5 Å². The maximum Gasteiger partial charge on any atom is 0.234 e. The predicted molar refractivity (Wildman–Crippen MR) is 116 cm³/mol. The second kappa shape index (κ2) is 9.09. The van der Waals surface area contributed by atoms with Crippen LogP contribution in [0.5, 0.6) is 11.5 Å². The van der Waals surface area contributed by atoms with Crippen LogP contribution < -0.4 is 20.1 Å². The number of nitrogens with one attached hydrogen (secondary N) is 2. The molecule has 10 heteroatoms. The molecule has 0 bridgehead atoms. The number of para-hydroxylation sites is 1. The smallest absolute Gasteiger partial charge is 0.234 e. The van der Waals surface area contributed by atoms with E-state index in [1.807, 2.05) is 31.2 Å². The number of anilines is 2. The highest BCUT2D eigenvalue weighted by molar-refractivity contribution is 7.99. The molecule has 2 aromatic carbocycles. The molecule has 2 amide bonds. The van der Waals surface area contributed by atoms with E-state index in [1.54, 1.807) is 29.8 Å². The molecule has 3 aromatic rings. The van der Waals surface area contributed by atoms with Crippen molar-refractivity contribution in [2.75, 3.05) is 23.2 Å². The number of carbonyl (C=O) groups excluding carboxylic acids is 2. The molecule has 0 saturated heterocycles. The molecule has 4 rings (SSSR count). The summed E-state index contributed by atoms with van der Waals surface area (Å²) >= 11 is 1.24. The fraction of sp³-hybridized carbons (Fsp3) is 0.238. The predicted octanol–water partition coefficient (Wildman–Crippen LogP) is 2.76. The Kier molecular flexibility index (Phi) is 6.08. The molecule has 0 spiro atoms. The highest BCUT2D eigenvalue weighted by Gasteiger charge is 2.17. The van der Waals surface area contributed by atoms with Crippen molar-refractivity contribution >= 4 is 35.0 Å². The van der Waals surface area contributed by atoms with Crippen LogP contribution in [0.2, 0.25) is 0 Å². The Balaban J connectivity index is 1.30. The quantitative estimate of drug-likeness (QED) is 0.545. The zero-order valence-corrected chi connectivity index (χ0v) is 17.9. The number of thioether (sulfide) groups is 1. The number of benzene rings is 2. The molecule has 1 aliphatic rings. The Hall–Kier alpha value is -3.53. The summed E-state index contributed by atoms with van der Waals surface area (Å²) in [5, 5.41) is 14.4. The number of fused-ring (bicyclic) bond motifs is 1. The van der Waals surface area contributed by atoms with Gasteiger partial charge in [0.15, 0.2) is 16.7 Å². The largest absolute Gasteiger partial charge is 0.454 e. The van der Waals surface area contributed by atoms with Crippen LogP contribution >= 0.6 is 11.8 Å². The van der Waals surface area contributed by atoms with Crippen molar-refractivity contribution in [1.29, 1.82) is 0 Å². The van der Waals surface area contributed by atoms with Gasteiger partial charge in [0.05, 0.1) is 12.2 Å². The molecule has 9 nitrogen and oxygen atoms in total. The minimum absolute atomic E-state index is 0.0851. The molecule has 31 heavy (non-hydrogen) atoms. The van der Waals surface area contributed by atoms with E-state index < -0.39 is 0 Å². The van der Waals surface area contributed by atoms with Crippen LogP contribution in [0.15, 0.2) is 47.6 Å². The van der Waals surface area contributed by atoms with Crippen molar-refractivity contribution in [3.05, 3.63) is 53.9 Å². The van der Waals surface area contributed by atoms with Crippen LogP contribution in [0.25, 0.3) is 0 Å². The summed E-state index contributed by atoms with van der Waals surface area (Å²) in [5.41, 5.74) is 2.38. The lowest BCUT2D eigenvalue weighted by Crippen LogP contribution is -2.17. The monoisotopic (exact) mass is 439 g/mol. The fourth-order valence-corrected chi connectivity index (χ4v) is 3.71. The number of hydrogen-bond acceptors (Lipinski definition) is 7. The molecule has 160 valence electrons. The van der Waals surface area contributed by atoms with E-state index in [1.165, 1.54) is 11.8 Å². The topological polar surface area (TPSA) is 107 Å². The lowest BCUT2D eigenvalue weighted by Gasteiger charge is -2.08. The lowest BCUT2D eigenvalue weighted by atomic mass is 10.2. The van der Waals surface area contributed by atoms with Crippen LogP contribution in [0, 0.1) is 6.92 Å². The van der Waals surface area contributed by atoms with E-state index >= 15 is 0 Å². The van der Waals surface area contributed by atoms with Crippen LogP contribution in [0.1, 0.15) is 11.4 Å². The molecule has 1 aliphatic heterocycles. The highest BCUT2D eigenvalue weighted by Crippen LogP contribution is 2.34. The first-order valence-electron chi connectivity index (χ1n) is 9.55. The molecular weight excluding hydrogens is 418 g/mol. The number of amides is 2. The maximum absolute atomic E-state index is 12.4. The lowest BCUT2D eigenvalue weighted by molar-refractivity contribution is -0.116. The first kappa shape index (κ1) is 20.7. The van der Waals surface area contributed by atoms with Gasteiger partial charge in [0, 0.05) is 24.5 Å². The first-order chi connectivity index (χ1) is 15.0. The van der Waals surface area contributed by atoms with Crippen molar-refractivity contribution in [3.63, 3.8) is 0 Å². The molecule has 0 unspecified atom stereocenters. The summed E-state index contributed by atoms with van der Waals surface area (Å²) in [6.45, 7) is 2.11. The van der Waals surface area contributed by atoms with E-state index in [0.29, 0.717) is 28.2 Å². The molecule has 1 aromatic heterocycles. The van der Waals surface area contributed by atoms with Gasteiger partial charge in [-0.25, -0.2) is 0 Å². The van der Waals surface area contributed by atoms with Gasteiger partial charge in [-0.1, -0.05) is 30.0 Å². The van der Waals surface area contributed by atoms with E-state index in [-0.39, 0.29) is 30.8 Å². The van der Waals surface area contributed by atoms with Gasteiger partial charge in [-0.05, 0) is 30.7 Å². The van der Waals surface area contributed by atoms with E-state index in [0.717, 1.165) is 11.3 Å². The Morgan fingerprint density at radius 3 is 2.71 bits per heavy atom. The Morgan fingerprint density at radius 1 is 1.06 bits per heavy atom. The van der Waals surface area contributed by atoms with Crippen LogP contribution in [0.3, 0.4) is 0 Å². The summed E-state index contributed by atoms with van der Waals surface area (Å²) in [5.74, 6) is 1.56. The number of nitrogens with zero attached hydrogens (tertiary/aromatic N) is 3. The van der Waals surface area contributed by atoms with Gasteiger partial charge >= 0.3 is 0 Å². The highest BCUT2D eigenvalue weighted by atomic mass is 32.2. The number of hydrogen-bond donors (Lipinski definition) is 2. The van der Waals surface area contributed by atoms with E-state index in [4.69, 9.17) is 9.47 Å². The number of ether oxygens (including phenoxy) is 2. The molecule has 0 aliphatic carbocycles. The molecule has 2 heterocycles. The van der Waals surface area contributed by atoms with Crippen LogP contribution in [-0.4, -0.2) is 39.1 Å². The molecular formula is C21H21N5O4S. The zero-order chi connectivity index (χ0) is 21.8. The average Bonchev–Trinajstić information content (AvgIpc) is 3.35. The summed E-state index contributed by atoms with van der Waals surface area (Å²) in [6, 6.07) is 12.8. The summed E-state index contributed by atoms with van der Waals surface area (Å²) in [7, 11) is 1.77. The number of aromatic nitrogens is 3. The molecule has 0 radical (unpaired) electrons. The number of aryl methyl sites for hydroxylation is 1. The van der Waals surface area contributed by atoms with Gasteiger partial charge in [-0.15, -0.1) is 10.2 Å². The third-order valence-corrected chi connectivity index (χ3v) is 5.67. The fourth-order valence-electron chi connectivity index (χ4n) is 2.98. The molecule has 2 N–H and O–H groups in total. The normalized spacial score (nSPS) is 11.9. The summed E-state index contributed by atoms with van der Waals surface area (Å²) in [6.07, 6.45) is 0.0851. The Morgan fingerprint density at radius 2 is 1.87 bits per heavy atom. The summed E-state index contributed by atoms with van der Waals surface area (Å²) < 4.78 is 12.3. The van der Waals surface area contributed by atoms with Gasteiger partial charge < -0.3 is 24.7 Å². The second-order valence-corrected chi connectivity index (χ2v) is 7.85. The molecule has 0 saturated carbocycles. The van der Waals surface area contributed by atoms with Crippen molar-refractivity contribution < 1.29 is 19.1 Å². The van der Waals surface area contributed by atoms with Gasteiger partial charge in [0.1, 0.15) is 5.82 Å². The zero-order valence-electron chi connectivity index (χ0n) is 17.0. The van der Waals surface area contributed by atoms with Crippen LogP contribution in [-0.2, 0) is 23.1 Å². The van der Waals surface area contributed by atoms with Crippen molar-refractivity contribution in [3.8, 4) is 11.5 Å². The van der Waals surface area contributed by atoms with Crippen LogP contribution in [0.4, 0.5) is 11.4 Å². The molecule has 0 atom stereocenters. The SMILES string of the molecule is Cc1ccccc1NC(=O)Cc1nnc(SCC(=O)Nc2ccc3c(c2)OCO3)n1C. The molecule has 0 fully saturated rings. The first-order valence-corrected chi connectivity index (χ1v) is 10.5. The third-order valence-electron chi connectivity index (χ3n) is 4.65. The second-order valence-electron chi connectivity index (χ2n) is 6.90. The van der Waals surface area contributed by atoms with Gasteiger partial charge in [-0.2, -0.15) is 0 Å². The minimum atomic E-state index is -0.189. The summed E-state index contributed by atoms with van der Waals surface area (Å²) in [4.78, 5) is 24.7. The van der Waals surface area contributed by atoms with Crippen molar-refractivity contribution in [2.24, 2.45) is 7.05 Å².